The Hall–Kier alpha value is -2.24. The van der Waals surface area contributed by atoms with Crippen molar-refractivity contribution in [1.82, 2.24) is 5.32 Å². The van der Waals surface area contributed by atoms with Gasteiger partial charge in [-0.25, -0.2) is 4.79 Å². The standard InChI is InChI=1S/C25H22ClN2O5.Ac/c26-21-8-4-3-7-20(21)24(31)28-22(25(32)33)13-16-9-11-17(12-10-16)19-6-2-1-5-18(19)14-27-15-23(29)30;/h1-12,22H,13-15H2,(H,28,31)(H,29,30)(H,32,33);/q-1;. The van der Waals surface area contributed by atoms with Crippen LogP contribution in [-0.2, 0) is 22.6 Å². The number of halogens is 1. The Kier molecular flexibility index (Phi) is 11.2. The van der Waals surface area contributed by atoms with Crippen LogP contribution in [0.4, 0.5) is 0 Å². The number of carbonyl (C=O) groups excluding carboxylic acids is 1. The van der Waals surface area contributed by atoms with Gasteiger partial charge in [-0.2, -0.15) is 0 Å². The largest absolute Gasteiger partial charge is 0.649 e. The van der Waals surface area contributed by atoms with Crippen molar-refractivity contribution in [3.63, 3.8) is 0 Å². The van der Waals surface area contributed by atoms with Crippen LogP contribution in [0.3, 0.4) is 0 Å². The zero-order chi connectivity index (χ0) is 23.8. The number of nitrogens with zero attached hydrogens (tertiary/aromatic N) is 1. The number of rotatable bonds is 10. The van der Waals surface area contributed by atoms with E-state index < -0.39 is 23.9 Å². The van der Waals surface area contributed by atoms with Gasteiger partial charge in [0.1, 0.15) is 6.04 Å². The summed E-state index contributed by atoms with van der Waals surface area (Å²) in [5, 5.41) is 25.2. The molecule has 0 saturated heterocycles. The fourth-order valence-electron chi connectivity index (χ4n) is 3.35. The van der Waals surface area contributed by atoms with Crippen LogP contribution in [0, 0.1) is 44.1 Å². The van der Waals surface area contributed by atoms with Crippen molar-refractivity contribution in [2.45, 2.75) is 19.0 Å². The third kappa shape index (κ3) is 7.92. The van der Waals surface area contributed by atoms with Crippen molar-refractivity contribution >= 4 is 29.4 Å². The number of amides is 1. The summed E-state index contributed by atoms with van der Waals surface area (Å²) in [6, 6.07) is 20.2. The van der Waals surface area contributed by atoms with Crippen LogP contribution in [0.5, 0.6) is 0 Å². The van der Waals surface area contributed by atoms with Gasteiger partial charge in [-0.15, -0.1) is 6.54 Å². The van der Waals surface area contributed by atoms with Gasteiger partial charge in [0.2, 0.25) is 0 Å². The first-order chi connectivity index (χ1) is 15.8. The Labute approximate surface area is 238 Å². The van der Waals surface area contributed by atoms with Gasteiger partial charge < -0.3 is 20.8 Å². The molecule has 0 bridgehead atoms. The predicted molar refractivity (Wildman–Crippen MR) is 125 cm³/mol. The summed E-state index contributed by atoms with van der Waals surface area (Å²) in [6.45, 7) is 0.0170. The monoisotopic (exact) mass is 692 g/mol. The van der Waals surface area contributed by atoms with Gasteiger partial charge in [0, 0.05) is 50.5 Å². The maximum atomic E-state index is 12.5. The fourth-order valence-corrected chi connectivity index (χ4v) is 3.57. The van der Waals surface area contributed by atoms with Crippen molar-refractivity contribution in [3.05, 3.63) is 99.8 Å². The summed E-state index contributed by atoms with van der Waals surface area (Å²) in [5.74, 6) is -2.68. The molecule has 0 aromatic heterocycles. The average molecular weight is 693 g/mol. The summed E-state index contributed by atoms with van der Waals surface area (Å²) >= 11 is 6.03. The van der Waals surface area contributed by atoms with Gasteiger partial charge in [0.05, 0.1) is 10.6 Å². The molecule has 0 saturated carbocycles. The molecule has 1 radical (unpaired) electrons. The molecule has 1 amide bonds. The third-order valence-electron chi connectivity index (χ3n) is 4.97. The zero-order valence-electron chi connectivity index (χ0n) is 18.1. The summed E-state index contributed by atoms with van der Waals surface area (Å²) in [4.78, 5) is 34.9. The van der Waals surface area contributed by atoms with Gasteiger partial charge in [0.15, 0.2) is 0 Å². The molecule has 0 heterocycles. The molecule has 0 aliphatic carbocycles. The third-order valence-corrected chi connectivity index (χ3v) is 5.30. The molecule has 1 unspecified atom stereocenters. The van der Waals surface area contributed by atoms with Gasteiger partial charge in [-0.1, -0.05) is 77.8 Å². The van der Waals surface area contributed by atoms with Crippen LogP contribution < -0.4 is 5.32 Å². The number of carbonyl (C=O) groups is 3. The number of aliphatic carboxylic acids is 2. The van der Waals surface area contributed by atoms with Crippen molar-refractivity contribution in [2.24, 2.45) is 0 Å². The number of carboxylic acids is 2. The zero-order valence-corrected chi connectivity index (χ0v) is 23.7. The minimum absolute atomic E-state index is 0. The van der Waals surface area contributed by atoms with Crippen LogP contribution in [-0.4, -0.2) is 40.6 Å². The Bertz CT molecular complexity index is 1150. The van der Waals surface area contributed by atoms with Crippen LogP contribution in [0.1, 0.15) is 21.5 Å². The van der Waals surface area contributed by atoms with Crippen molar-refractivity contribution in [3.8, 4) is 11.1 Å². The van der Waals surface area contributed by atoms with Gasteiger partial charge in [-0.3, -0.25) is 9.59 Å². The van der Waals surface area contributed by atoms with E-state index in [1.165, 1.54) is 6.07 Å². The van der Waals surface area contributed by atoms with Crippen LogP contribution in [0.25, 0.3) is 16.4 Å². The van der Waals surface area contributed by atoms with E-state index >= 15 is 0 Å². The smallest absolute Gasteiger partial charge is 0.326 e. The Morgan fingerprint density at radius 2 is 1.56 bits per heavy atom. The van der Waals surface area contributed by atoms with Crippen LogP contribution >= 0.6 is 11.6 Å². The molecule has 0 aliphatic heterocycles. The van der Waals surface area contributed by atoms with Crippen LogP contribution in [0.2, 0.25) is 5.02 Å². The van der Waals surface area contributed by atoms with Crippen molar-refractivity contribution in [1.29, 1.82) is 0 Å². The molecule has 0 aliphatic rings. The SMILES string of the molecule is O=C(O)C[N-]Cc1ccccc1-c1ccc(CC(NC(=O)c2ccccc2Cl)C(=O)O)cc1.[Ac]. The maximum Gasteiger partial charge on any atom is 0.326 e. The number of nitrogens with one attached hydrogen (secondary N) is 1. The average Bonchev–Trinajstić information content (AvgIpc) is 2.79. The Balaban J connectivity index is 0.00000408. The van der Waals surface area contributed by atoms with E-state index in [-0.39, 0.29) is 74.2 Å². The van der Waals surface area contributed by atoms with E-state index in [0.29, 0.717) is 0 Å². The molecule has 3 aromatic rings. The second-order valence-electron chi connectivity index (χ2n) is 7.34. The van der Waals surface area contributed by atoms with Gasteiger partial charge in [-0.05, 0) is 35.4 Å². The summed E-state index contributed by atoms with van der Waals surface area (Å²) in [6.07, 6.45) is 0.0986. The normalized spacial score (nSPS) is 11.2. The summed E-state index contributed by atoms with van der Waals surface area (Å²) in [7, 11) is 0. The maximum absolute atomic E-state index is 12.5. The van der Waals surface area contributed by atoms with E-state index in [1.807, 2.05) is 36.4 Å². The second-order valence-corrected chi connectivity index (χ2v) is 7.74. The number of hydrogen-bond acceptors (Lipinski definition) is 3. The first kappa shape index (κ1) is 28.0. The van der Waals surface area contributed by atoms with E-state index in [1.54, 1.807) is 30.3 Å². The molecule has 173 valence electrons. The molecule has 3 rings (SSSR count). The van der Waals surface area contributed by atoms with E-state index in [4.69, 9.17) is 16.7 Å². The molecule has 7 nitrogen and oxygen atoms in total. The minimum Gasteiger partial charge on any atom is -0.649 e. The first-order valence-corrected chi connectivity index (χ1v) is 10.5. The molecule has 34 heavy (non-hydrogen) atoms. The molecule has 0 spiro atoms. The first-order valence-electron chi connectivity index (χ1n) is 10.2. The molecular weight excluding hydrogens is 671 g/mol. The van der Waals surface area contributed by atoms with E-state index in [9.17, 15) is 19.5 Å². The number of benzene rings is 3. The topological polar surface area (TPSA) is 118 Å². The van der Waals surface area contributed by atoms with E-state index in [0.717, 1.165) is 22.3 Å². The van der Waals surface area contributed by atoms with Crippen LogP contribution in [0.15, 0.2) is 72.8 Å². The number of hydrogen-bond donors (Lipinski definition) is 3. The summed E-state index contributed by atoms with van der Waals surface area (Å²) < 4.78 is 0. The summed E-state index contributed by atoms with van der Waals surface area (Å²) in [5.41, 5.74) is 3.65. The van der Waals surface area contributed by atoms with Gasteiger partial charge in [0.25, 0.3) is 11.9 Å². The van der Waals surface area contributed by atoms with Gasteiger partial charge >= 0.3 is 5.97 Å². The quantitative estimate of drug-likeness (QED) is 0.292. The van der Waals surface area contributed by atoms with E-state index in [2.05, 4.69) is 10.6 Å². The Morgan fingerprint density at radius 1 is 0.912 bits per heavy atom. The molecule has 0 fully saturated rings. The fraction of sp³-hybridized carbons (Fsp3) is 0.160. The predicted octanol–water partition coefficient (Wildman–Crippen LogP) is 4.39. The molecule has 3 N–H and O–H groups in total. The minimum atomic E-state index is -1.15. The molecular formula is C25H22AcClN2O5-. The van der Waals surface area contributed by atoms with Crippen molar-refractivity contribution < 1.29 is 68.7 Å². The Morgan fingerprint density at radius 3 is 2.21 bits per heavy atom. The second kappa shape index (κ2) is 13.6. The molecule has 3 aromatic carbocycles. The number of carboxylic acid groups (broad SMARTS) is 2. The molecule has 1 atom stereocenters. The van der Waals surface area contributed by atoms with Crippen molar-refractivity contribution in [2.75, 3.05) is 6.54 Å². The molecule has 9 heteroatoms.